The third-order valence-corrected chi connectivity index (χ3v) is 8.84. The van der Waals surface area contributed by atoms with Gasteiger partial charge in [0.1, 0.15) is 23.8 Å². The first-order valence-corrected chi connectivity index (χ1v) is 15.0. The Hall–Kier alpha value is -4.16. The number of hydrogen-bond acceptors (Lipinski definition) is 6. The highest BCUT2D eigenvalue weighted by Crippen LogP contribution is 2.35. The monoisotopic (exact) mass is 603 g/mol. The molecule has 2 saturated heterocycles. The molecule has 1 aromatic heterocycles. The summed E-state index contributed by atoms with van der Waals surface area (Å²) < 4.78 is 19.4. The molecule has 2 amide bonds. The van der Waals surface area contributed by atoms with E-state index >= 15 is 0 Å². The van der Waals surface area contributed by atoms with Crippen LogP contribution in [0.25, 0.3) is 0 Å². The summed E-state index contributed by atoms with van der Waals surface area (Å²) >= 11 is 6.17. The fraction of sp³-hybridized carbons (Fsp3) is 0.394. The van der Waals surface area contributed by atoms with E-state index in [9.17, 15) is 14.0 Å². The number of halogens is 2. The van der Waals surface area contributed by atoms with Crippen molar-refractivity contribution >= 4 is 29.4 Å². The summed E-state index contributed by atoms with van der Waals surface area (Å²) in [5.41, 5.74) is 2.24. The molecule has 0 bridgehead atoms. The molecule has 0 N–H and O–H groups in total. The fourth-order valence-corrected chi connectivity index (χ4v) is 6.18. The number of likely N-dealkylation sites (N-methyl/N-ethyl adjacent to an activating group) is 1. The molecule has 2 aliphatic rings. The largest absolute Gasteiger partial charge is 0.441 e. The van der Waals surface area contributed by atoms with Gasteiger partial charge in [0.15, 0.2) is 0 Å². The molecule has 3 unspecified atom stereocenters. The van der Waals surface area contributed by atoms with Crippen molar-refractivity contribution in [1.82, 2.24) is 14.8 Å². The first-order chi connectivity index (χ1) is 20.8. The number of pyridine rings is 1. The van der Waals surface area contributed by atoms with E-state index in [1.54, 1.807) is 36.3 Å². The van der Waals surface area contributed by atoms with Crippen LogP contribution in [0.15, 0.2) is 66.9 Å². The van der Waals surface area contributed by atoms with E-state index in [2.05, 4.69) is 16.0 Å². The first-order valence-electron chi connectivity index (χ1n) is 14.6. The van der Waals surface area contributed by atoms with Crippen LogP contribution in [0.4, 0.5) is 15.0 Å². The van der Waals surface area contributed by atoms with E-state index in [-0.39, 0.29) is 29.6 Å². The van der Waals surface area contributed by atoms with Gasteiger partial charge in [-0.3, -0.25) is 4.79 Å². The van der Waals surface area contributed by atoms with E-state index in [0.29, 0.717) is 56.0 Å². The molecular formula is C33H35ClFN5O3. The molecule has 5 rings (SSSR count). The Labute approximate surface area is 256 Å². The topological polar surface area (TPSA) is 89.8 Å². The highest BCUT2D eigenvalue weighted by atomic mass is 35.5. The Bertz CT molecular complexity index is 1450. The number of ether oxygens (including phenoxy) is 1. The maximum Gasteiger partial charge on any atom is 0.410 e. The van der Waals surface area contributed by atoms with Gasteiger partial charge in [0.05, 0.1) is 11.6 Å². The maximum atomic E-state index is 13.8. The average Bonchev–Trinajstić information content (AvgIpc) is 3.49. The smallest absolute Gasteiger partial charge is 0.410 e. The molecule has 0 aliphatic carbocycles. The summed E-state index contributed by atoms with van der Waals surface area (Å²) in [6, 6.07) is 18.9. The second-order valence-corrected chi connectivity index (χ2v) is 11.6. The lowest BCUT2D eigenvalue weighted by atomic mass is 9.93. The molecule has 2 aliphatic heterocycles. The minimum absolute atomic E-state index is 0.0911. The van der Waals surface area contributed by atoms with Crippen molar-refractivity contribution < 1.29 is 18.7 Å². The Morgan fingerprint density at radius 1 is 1.09 bits per heavy atom. The third kappa shape index (κ3) is 6.91. The Balaban J connectivity index is 1.28. The molecule has 43 heavy (non-hydrogen) atoms. The first kappa shape index (κ1) is 30.3. The summed E-state index contributed by atoms with van der Waals surface area (Å²) in [4.78, 5) is 37.3. The van der Waals surface area contributed by atoms with Crippen molar-refractivity contribution in [3.05, 3.63) is 94.4 Å². The predicted molar refractivity (Wildman–Crippen MR) is 162 cm³/mol. The zero-order valence-electron chi connectivity index (χ0n) is 24.3. The standard InChI is InChI=1S/C33H35ClFN5O3/c1-3-30(24-7-11-27(35)12-8-24)43-33(42)38(2)29-21-40(20-28(29)23-5-9-26(34)10-6-23)32(41)25-14-16-39(17-15-25)31-13-4-22(18-36)19-37-31/h4-13,19,25,28-30H,3,14-17,20-21H2,1-2H3. The molecule has 224 valence electrons. The van der Waals surface area contributed by atoms with Gasteiger partial charge in [0.2, 0.25) is 5.91 Å². The van der Waals surface area contributed by atoms with Crippen LogP contribution >= 0.6 is 11.6 Å². The second-order valence-electron chi connectivity index (χ2n) is 11.2. The lowest BCUT2D eigenvalue weighted by Gasteiger charge is -2.34. The van der Waals surface area contributed by atoms with Crippen LogP contribution in [0.1, 0.15) is 54.9 Å². The van der Waals surface area contributed by atoms with E-state index in [0.717, 1.165) is 16.9 Å². The number of amides is 2. The van der Waals surface area contributed by atoms with Gasteiger partial charge in [0.25, 0.3) is 0 Å². The van der Waals surface area contributed by atoms with Crippen LogP contribution in [0.5, 0.6) is 0 Å². The number of nitriles is 1. The Morgan fingerprint density at radius 3 is 2.40 bits per heavy atom. The highest BCUT2D eigenvalue weighted by molar-refractivity contribution is 6.30. The van der Waals surface area contributed by atoms with E-state index < -0.39 is 12.2 Å². The molecule has 0 saturated carbocycles. The van der Waals surface area contributed by atoms with Gasteiger partial charge >= 0.3 is 6.09 Å². The van der Waals surface area contributed by atoms with E-state index in [1.165, 1.54) is 12.1 Å². The second kappa shape index (κ2) is 13.4. The molecule has 0 radical (unpaired) electrons. The van der Waals surface area contributed by atoms with Gasteiger partial charge in [-0.1, -0.05) is 42.8 Å². The van der Waals surface area contributed by atoms with Crippen molar-refractivity contribution in [3.63, 3.8) is 0 Å². The number of anilines is 1. The highest BCUT2D eigenvalue weighted by Gasteiger charge is 2.42. The quantitative estimate of drug-likeness (QED) is 0.321. The number of carbonyl (C=O) groups excluding carboxylic acids is 2. The summed E-state index contributed by atoms with van der Waals surface area (Å²) in [5.74, 6) is 0.306. The normalized spacial score (nSPS) is 19.5. The van der Waals surface area contributed by atoms with Crippen LogP contribution < -0.4 is 4.90 Å². The summed E-state index contributed by atoms with van der Waals surface area (Å²) in [5, 5.41) is 9.66. The lowest BCUT2D eigenvalue weighted by molar-refractivity contribution is -0.135. The third-order valence-electron chi connectivity index (χ3n) is 8.59. The van der Waals surface area contributed by atoms with Crippen LogP contribution in [-0.2, 0) is 9.53 Å². The number of piperidine rings is 1. The number of nitrogens with zero attached hydrogens (tertiary/aromatic N) is 5. The maximum absolute atomic E-state index is 13.8. The summed E-state index contributed by atoms with van der Waals surface area (Å²) in [7, 11) is 1.71. The van der Waals surface area contributed by atoms with Crippen LogP contribution in [-0.4, -0.2) is 66.1 Å². The van der Waals surface area contributed by atoms with Crippen LogP contribution in [0.2, 0.25) is 5.02 Å². The van der Waals surface area contributed by atoms with Gasteiger partial charge < -0.3 is 19.4 Å². The van der Waals surface area contributed by atoms with Gasteiger partial charge in [-0.15, -0.1) is 0 Å². The van der Waals surface area contributed by atoms with Gasteiger partial charge in [-0.25, -0.2) is 14.2 Å². The number of benzene rings is 2. The van der Waals surface area contributed by atoms with Crippen molar-refractivity contribution in [3.8, 4) is 6.07 Å². The van der Waals surface area contributed by atoms with Crippen molar-refractivity contribution in [2.24, 2.45) is 5.92 Å². The molecule has 10 heteroatoms. The van der Waals surface area contributed by atoms with E-state index in [1.807, 2.05) is 42.2 Å². The minimum Gasteiger partial charge on any atom is -0.441 e. The molecule has 3 heterocycles. The van der Waals surface area contributed by atoms with Crippen molar-refractivity contribution in [2.75, 3.05) is 38.1 Å². The zero-order chi connectivity index (χ0) is 30.5. The molecular weight excluding hydrogens is 569 g/mol. The number of hydrogen-bond donors (Lipinski definition) is 0. The Kier molecular flexibility index (Phi) is 9.46. The number of carbonyl (C=O) groups is 2. The van der Waals surface area contributed by atoms with Crippen LogP contribution in [0, 0.1) is 23.1 Å². The SMILES string of the molecule is CCC(OC(=O)N(C)C1CN(C(=O)C2CCN(c3ccc(C#N)cn3)CC2)CC1c1ccc(Cl)cc1)c1ccc(F)cc1. The molecule has 3 aromatic rings. The van der Waals surface area contributed by atoms with Gasteiger partial charge in [-0.05, 0) is 66.8 Å². The average molecular weight is 604 g/mol. The summed E-state index contributed by atoms with van der Waals surface area (Å²) in [6.07, 6.45) is 2.49. The number of likely N-dealkylation sites (tertiary alicyclic amines) is 1. The zero-order valence-corrected chi connectivity index (χ0v) is 25.1. The molecule has 3 atom stereocenters. The van der Waals surface area contributed by atoms with Crippen molar-refractivity contribution in [1.29, 1.82) is 5.26 Å². The number of aromatic nitrogens is 1. The Morgan fingerprint density at radius 2 is 1.79 bits per heavy atom. The van der Waals surface area contributed by atoms with Crippen LogP contribution in [0.3, 0.4) is 0 Å². The number of rotatable bonds is 7. The van der Waals surface area contributed by atoms with E-state index in [4.69, 9.17) is 21.6 Å². The van der Waals surface area contributed by atoms with Crippen molar-refractivity contribution in [2.45, 2.75) is 44.2 Å². The molecule has 8 nitrogen and oxygen atoms in total. The van der Waals surface area contributed by atoms with Gasteiger partial charge in [-0.2, -0.15) is 5.26 Å². The molecule has 2 fully saturated rings. The summed E-state index contributed by atoms with van der Waals surface area (Å²) in [6.45, 7) is 4.18. The predicted octanol–water partition coefficient (Wildman–Crippen LogP) is 6.18. The lowest BCUT2D eigenvalue weighted by Crippen LogP contribution is -2.44. The minimum atomic E-state index is -0.514. The molecule has 0 spiro atoms. The van der Waals surface area contributed by atoms with Gasteiger partial charge in [0, 0.05) is 56.3 Å². The fourth-order valence-electron chi connectivity index (χ4n) is 6.05. The molecule has 2 aromatic carbocycles.